The normalized spacial score (nSPS) is 13.9. The molecule has 36 heavy (non-hydrogen) atoms. The van der Waals surface area contributed by atoms with Gasteiger partial charge in [-0.05, 0) is 23.8 Å². The number of ether oxygens (including phenoxy) is 1. The van der Waals surface area contributed by atoms with Gasteiger partial charge in [-0.15, -0.1) is 0 Å². The fourth-order valence-corrected chi connectivity index (χ4v) is 3.90. The molecule has 2 aromatic carbocycles. The molecule has 3 amide bonds. The van der Waals surface area contributed by atoms with Gasteiger partial charge in [-0.2, -0.15) is 13.2 Å². The molecule has 0 N–H and O–H groups in total. The second kappa shape index (κ2) is 10.7. The van der Waals surface area contributed by atoms with Gasteiger partial charge in [0, 0.05) is 39.3 Å². The summed E-state index contributed by atoms with van der Waals surface area (Å²) in [5.41, 5.74) is 0.222. The van der Waals surface area contributed by atoms with Gasteiger partial charge in [0.05, 0.1) is 23.0 Å². The number of amides is 3. The molecular weight excluding hydrogens is 473 g/mol. The van der Waals surface area contributed by atoms with Gasteiger partial charge in [-0.1, -0.05) is 42.5 Å². The molecule has 1 aliphatic rings. The summed E-state index contributed by atoms with van der Waals surface area (Å²) >= 11 is 0. The van der Waals surface area contributed by atoms with Crippen molar-refractivity contribution >= 4 is 17.6 Å². The maximum Gasteiger partial charge on any atom is 0.417 e. The third-order valence-corrected chi connectivity index (χ3v) is 5.92. The Morgan fingerprint density at radius 2 is 1.56 bits per heavy atom. The first-order valence-electron chi connectivity index (χ1n) is 11.3. The van der Waals surface area contributed by atoms with Crippen molar-refractivity contribution in [2.75, 3.05) is 38.1 Å². The third kappa shape index (κ3) is 5.76. The number of benzene rings is 2. The Balaban J connectivity index is 1.32. The number of aromatic nitrogens is 1. The van der Waals surface area contributed by atoms with Crippen molar-refractivity contribution in [1.29, 1.82) is 0 Å². The first-order chi connectivity index (χ1) is 17.2. The van der Waals surface area contributed by atoms with Crippen LogP contribution in [0.4, 0.5) is 23.7 Å². The fourth-order valence-electron chi connectivity index (χ4n) is 3.90. The molecule has 0 unspecified atom stereocenters. The lowest BCUT2D eigenvalue weighted by Gasteiger charge is -2.36. The number of hydrogen-bond donors (Lipinski definition) is 0. The third-order valence-electron chi connectivity index (χ3n) is 5.92. The minimum absolute atomic E-state index is 0.134. The molecule has 0 aliphatic carbocycles. The van der Waals surface area contributed by atoms with E-state index in [9.17, 15) is 22.8 Å². The highest BCUT2D eigenvalue weighted by Gasteiger charge is 2.36. The summed E-state index contributed by atoms with van der Waals surface area (Å²) in [6.45, 7) is 1.05. The van der Waals surface area contributed by atoms with E-state index in [1.807, 2.05) is 30.3 Å². The molecule has 2 heterocycles. The molecule has 0 saturated carbocycles. The average Bonchev–Trinajstić information content (AvgIpc) is 2.91. The van der Waals surface area contributed by atoms with Gasteiger partial charge in [-0.25, -0.2) is 9.78 Å². The maximum absolute atomic E-state index is 13.3. The molecule has 3 aromatic rings. The highest BCUT2D eigenvalue weighted by atomic mass is 19.4. The lowest BCUT2D eigenvalue weighted by molar-refractivity contribution is -0.138. The zero-order valence-electron chi connectivity index (χ0n) is 19.6. The summed E-state index contributed by atoms with van der Waals surface area (Å²) in [7, 11) is 1.61. The number of halogens is 3. The molecular formula is C26H25F3N4O3. The highest BCUT2D eigenvalue weighted by Crippen LogP contribution is 2.32. The van der Waals surface area contributed by atoms with Gasteiger partial charge in [0.15, 0.2) is 0 Å². The van der Waals surface area contributed by atoms with Crippen LogP contribution in [-0.4, -0.2) is 59.9 Å². The second-order valence-corrected chi connectivity index (χ2v) is 8.29. The van der Waals surface area contributed by atoms with E-state index in [0.29, 0.717) is 18.2 Å². The number of urea groups is 1. The number of piperazine rings is 1. The number of hydrogen-bond acceptors (Lipinski definition) is 4. The van der Waals surface area contributed by atoms with Crippen LogP contribution in [0.2, 0.25) is 0 Å². The van der Waals surface area contributed by atoms with Gasteiger partial charge < -0.3 is 14.5 Å². The summed E-state index contributed by atoms with van der Waals surface area (Å²) in [6.07, 6.45) is -3.09. The standard InChI is InChI=1S/C26H25F3N4O3/c1-31(20-11-12-23(30-17-20)36-18-19-7-3-2-4-8-19)25(35)33-15-13-32(14-16-33)24(34)21-9-5-6-10-22(21)26(27,28)29/h2-12,17H,13-16,18H2,1H3. The Hall–Kier alpha value is -4.08. The summed E-state index contributed by atoms with van der Waals surface area (Å²) in [6, 6.07) is 17.5. The average molecular weight is 499 g/mol. The Morgan fingerprint density at radius 1 is 0.917 bits per heavy atom. The number of alkyl halides is 3. The molecule has 0 bridgehead atoms. The molecule has 1 aromatic heterocycles. The Bertz CT molecular complexity index is 1200. The molecule has 1 saturated heterocycles. The molecule has 1 aliphatic heterocycles. The molecule has 10 heteroatoms. The predicted octanol–water partition coefficient (Wildman–Crippen LogP) is 4.69. The molecule has 188 valence electrons. The first-order valence-corrected chi connectivity index (χ1v) is 11.3. The highest BCUT2D eigenvalue weighted by molar-refractivity contribution is 5.96. The molecule has 0 atom stereocenters. The van der Waals surface area contributed by atoms with Crippen molar-refractivity contribution in [2.45, 2.75) is 12.8 Å². The fraction of sp³-hybridized carbons (Fsp3) is 0.269. The molecule has 4 rings (SSSR count). The quantitative estimate of drug-likeness (QED) is 0.512. The van der Waals surface area contributed by atoms with Crippen LogP contribution in [0.1, 0.15) is 21.5 Å². The summed E-state index contributed by atoms with van der Waals surface area (Å²) in [5, 5.41) is 0. The zero-order valence-corrected chi connectivity index (χ0v) is 19.6. The lowest BCUT2D eigenvalue weighted by Crippen LogP contribution is -2.53. The smallest absolute Gasteiger partial charge is 0.417 e. The summed E-state index contributed by atoms with van der Waals surface area (Å²) in [5.74, 6) is -0.270. The van der Waals surface area contributed by atoms with Crippen LogP contribution in [0.5, 0.6) is 5.88 Å². The van der Waals surface area contributed by atoms with Gasteiger partial charge in [0.25, 0.3) is 5.91 Å². The van der Waals surface area contributed by atoms with Crippen LogP contribution in [0.3, 0.4) is 0 Å². The Morgan fingerprint density at radius 3 is 2.19 bits per heavy atom. The van der Waals surface area contributed by atoms with E-state index in [1.165, 1.54) is 34.2 Å². The number of anilines is 1. The summed E-state index contributed by atoms with van der Waals surface area (Å²) in [4.78, 5) is 34.3. The van der Waals surface area contributed by atoms with E-state index in [2.05, 4.69) is 4.98 Å². The number of rotatable bonds is 5. The zero-order chi connectivity index (χ0) is 25.7. The van der Waals surface area contributed by atoms with E-state index < -0.39 is 17.6 Å². The number of carbonyl (C=O) groups excluding carboxylic acids is 2. The number of nitrogens with zero attached hydrogens (tertiary/aromatic N) is 4. The van der Waals surface area contributed by atoms with Crippen LogP contribution < -0.4 is 9.64 Å². The van der Waals surface area contributed by atoms with E-state index in [-0.39, 0.29) is 37.8 Å². The number of carbonyl (C=O) groups is 2. The first kappa shape index (κ1) is 25.0. The lowest BCUT2D eigenvalue weighted by atomic mass is 10.1. The molecule has 1 fully saturated rings. The van der Waals surface area contributed by atoms with E-state index in [1.54, 1.807) is 24.1 Å². The van der Waals surface area contributed by atoms with Gasteiger partial charge in [0.2, 0.25) is 5.88 Å². The van der Waals surface area contributed by atoms with Crippen LogP contribution in [0.25, 0.3) is 0 Å². The van der Waals surface area contributed by atoms with Gasteiger partial charge in [0.1, 0.15) is 6.61 Å². The van der Waals surface area contributed by atoms with Crippen molar-refractivity contribution in [3.05, 3.63) is 89.6 Å². The van der Waals surface area contributed by atoms with Crippen LogP contribution in [-0.2, 0) is 12.8 Å². The summed E-state index contributed by atoms with van der Waals surface area (Å²) < 4.78 is 45.6. The van der Waals surface area contributed by atoms with E-state index in [4.69, 9.17) is 4.74 Å². The minimum Gasteiger partial charge on any atom is -0.473 e. The van der Waals surface area contributed by atoms with Crippen LogP contribution in [0, 0.1) is 0 Å². The maximum atomic E-state index is 13.3. The van der Waals surface area contributed by atoms with E-state index >= 15 is 0 Å². The minimum atomic E-state index is -4.62. The second-order valence-electron chi connectivity index (χ2n) is 8.29. The number of pyridine rings is 1. The van der Waals surface area contributed by atoms with Crippen molar-refractivity contribution < 1.29 is 27.5 Å². The van der Waals surface area contributed by atoms with Crippen molar-refractivity contribution in [2.24, 2.45) is 0 Å². The van der Waals surface area contributed by atoms with Crippen molar-refractivity contribution in [3.63, 3.8) is 0 Å². The van der Waals surface area contributed by atoms with Crippen LogP contribution >= 0.6 is 0 Å². The molecule has 0 spiro atoms. The Kier molecular flexibility index (Phi) is 7.42. The predicted molar refractivity (Wildman–Crippen MR) is 128 cm³/mol. The van der Waals surface area contributed by atoms with Crippen LogP contribution in [0.15, 0.2) is 72.9 Å². The topological polar surface area (TPSA) is 66.0 Å². The monoisotopic (exact) mass is 498 g/mol. The SMILES string of the molecule is CN(C(=O)N1CCN(C(=O)c2ccccc2C(F)(F)F)CC1)c1ccc(OCc2ccccc2)nc1. The molecule has 7 nitrogen and oxygen atoms in total. The van der Waals surface area contributed by atoms with E-state index in [0.717, 1.165) is 11.6 Å². The van der Waals surface area contributed by atoms with Gasteiger partial charge >= 0.3 is 12.2 Å². The Labute approximate surface area is 206 Å². The largest absolute Gasteiger partial charge is 0.473 e. The molecule has 0 radical (unpaired) electrons. The van der Waals surface area contributed by atoms with Crippen molar-refractivity contribution in [3.8, 4) is 5.88 Å². The van der Waals surface area contributed by atoms with Crippen molar-refractivity contribution in [1.82, 2.24) is 14.8 Å². The van der Waals surface area contributed by atoms with Gasteiger partial charge in [-0.3, -0.25) is 9.69 Å².